The summed E-state index contributed by atoms with van der Waals surface area (Å²) >= 11 is 0. The molecule has 2 aromatic rings. The summed E-state index contributed by atoms with van der Waals surface area (Å²) in [5.41, 5.74) is 4.21. The van der Waals surface area contributed by atoms with Gasteiger partial charge in [-0.15, -0.1) is 0 Å². The lowest BCUT2D eigenvalue weighted by molar-refractivity contribution is 0.355. The molecule has 2 aliphatic rings. The van der Waals surface area contributed by atoms with E-state index < -0.39 is 0 Å². The average Bonchev–Trinajstić information content (AvgIpc) is 3.04. The molecule has 0 aliphatic carbocycles. The van der Waals surface area contributed by atoms with Crippen molar-refractivity contribution in [2.75, 3.05) is 26.3 Å². The SMILES string of the molecule is COc1ccc(N2C(C)C(c3ccc(OC)c(OC)c3)=C3N=C(C)C=CN32)cc1. The third-order valence-electron chi connectivity index (χ3n) is 5.25. The minimum Gasteiger partial charge on any atom is -0.497 e. The molecule has 150 valence electrons. The monoisotopic (exact) mass is 391 g/mol. The second-order valence-corrected chi connectivity index (χ2v) is 6.94. The van der Waals surface area contributed by atoms with Gasteiger partial charge in [0.2, 0.25) is 0 Å². The molecule has 2 aliphatic heterocycles. The van der Waals surface area contributed by atoms with Crippen LogP contribution in [0.4, 0.5) is 5.69 Å². The summed E-state index contributed by atoms with van der Waals surface area (Å²) in [6.07, 6.45) is 4.08. The van der Waals surface area contributed by atoms with E-state index >= 15 is 0 Å². The van der Waals surface area contributed by atoms with Crippen LogP contribution < -0.4 is 19.2 Å². The van der Waals surface area contributed by atoms with E-state index in [9.17, 15) is 0 Å². The van der Waals surface area contributed by atoms with Crippen molar-refractivity contribution in [3.63, 3.8) is 0 Å². The van der Waals surface area contributed by atoms with Gasteiger partial charge in [0.05, 0.1) is 33.1 Å². The van der Waals surface area contributed by atoms with Crippen LogP contribution in [0.15, 0.2) is 65.6 Å². The maximum Gasteiger partial charge on any atom is 0.161 e. The van der Waals surface area contributed by atoms with Crippen LogP contribution in [0.3, 0.4) is 0 Å². The fourth-order valence-electron chi connectivity index (χ4n) is 3.81. The molecule has 0 aromatic heterocycles. The summed E-state index contributed by atoms with van der Waals surface area (Å²) in [5.74, 6) is 3.16. The van der Waals surface area contributed by atoms with Crippen molar-refractivity contribution in [2.45, 2.75) is 19.9 Å². The molecule has 0 bridgehead atoms. The van der Waals surface area contributed by atoms with Gasteiger partial charge in [0.25, 0.3) is 0 Å². The third-order valence-corrected chi connectivity index (χ3v) is 5.25. The number of fused-ring (bicyclic) bond motifs is 1. The zero-order chi connectivity index (χ0) is 20.5. The van der Waals surface area contributed by atoms with Crippen LogP contribution in [0.2, 0.25) is 0 Å². The normalized spacial score (nSPS) is 18.0. The van der Waals surface area contributed by atoms with Gasteiger partial charge in [-0.05, 0) is 61.9 Å². The van der Waals surface area contributed by atoms with Crippen molar-refractivity contribution in [3.05, 3.63) is 66.1 Å². The van der Waals surface area contributed by atoms with E-state index in [0.29, 0.717) is 11.5 Å². The highest BCUT2D eigenvalue weighted by molar-refractivity contribution is 5.96. The summed E-state index contributed by atoms with van der Waals surface area (Å²) in [6.45, 7) is 4.19. The number of nitrogens with zero attached hydrogens (tertiary/aromatic N) is 3. The summed E-state index contributed by atoms with van der Waals surface area (Å²) in [4.78, 5) is 4.86. The Morgan fingerprint density at radius 3 is 2.28 bits per heavy atom. The molecule has 4 rings (SSSR count). The van der Waals surface area contributed by atoms with E-state index in [1.165, 1.54) is 0 Å². The third kappa shape index (κ3) is 3.20. The maximum absolute atomic E-state index is 5.53. The van der Waals surface area contributed by atoms with E-state index in [1.54, 1.807) is 21.3 Å². The van der Waals surface area contributed by atoms with Gasteiger partial charge in [0.1, 0.15) is 5.75 Å². The van der Waals surface area contributed by atoms with Crippen LogP contribution in [-0.2, 0) is 0 Å². The number of methoxy groups -OCH3 is 3. The van der Waals surface area contributed by atoms with Crippen molar-refractivity contribution in [1.29, 1.82) is 0 Å². The summed E-state index contributed by atoms with van der Waals surface area (Å²) < 4.78 is 16.2. The zero-order valence-electron chi connectivity index (χ0n) is 17.3. The Morgan fingerprint density at radius 2 is 1.62 bits per heavy atom. The quantitative estimate of drug-likeness (QED) is 0.751. The number of hydrogen-bond acceptors (Lipinski definition) is 6. The highest BCUT2D eigenvalue weighted by Gasteiger charge is 2.37. The number of aliphatic imine (C=N–C) groups is 1. The highest BCUT2D eigenvalue weighted by atomic mass is 16.5. The Kier molecular flexibility index (Phi) is 4.92. The molecule has 0 spiro atoms. The number of anilines is 1. The molecule has 29 heavy (non-hydrogen) atoms. The predicted molar refractivity (Wildman–Crippen MR) is 115 cm³/mol. The van der Waals surface area contributed by atoms with Gasteiger partial charge in [0, 0.05) is 17.5 Å². The summed E-state index contributed by atoms with van der Waals surface area (Å²) in [5, 5.41) is 4.33. The van der Waals surface area contributed by atoms with Gasteiger partial charge in [-0.1, -0.05) is 6.07 Å². The number of hydrazine groups is 1. The summed E-state index contributed by atoms with van der Waals surface area (Å²) in [6, 6.07) is 14.1. The maximum atomic E-state index is 5.53. The second kappa shape index (κ2) is 7.54. The molecule has 0 saturated carbocycles. The fourth-order valence-corrected chi connectivity index (χ4v) is 3.81. The molecule has 2 heterocycles. The van der Waals surface area contributed by atoms with Crippen molar-refractivity contribution < 1.29 is 14.2 Å². The van der Waals surface area contributed by atoms with Crippen molar-refractivity contribution in [1.82, 2.24) is 5.01 Å². The molecular formula is C23H25N3O3. The molecule has 6 heteroatoms. The molecule has 6 nitrogen and oxygen atoms in total. The molecule has 0 amide bonds. The molecule has 1 atom stereocenters. The first-order valence-electron chi connectivity index (χ1n) is 9.50. The van der Waals surface area contributed by atoms with Gasteiger partial charge in [0.15, 0.2) is 17.3 Å². The first-order valence-corrected chi connectivity index (χ1v) is 9.50. The van der Waals surface area contributed by atoms with Gasteiger partial charge in [-0.25, -0.2) is 10.0 Å². The minimum absolute atomic E-state index is 0.0656. The highest BCUT2D eigenvalue weighted by Crippen LogP contribution is 2.43. The van der Waals surface area contributed by atoms with Crippen molar-refractivity contribution >= 4 is 17.0 Å². The van der Waals surface area contributed by atoms with Crippen LogP contribution in [0.5, 0.6) is 17.2 Å². The largest absolute Gasteiger partial charge is 0.497 e. The lowest BCUT2D eigenvalue weighted by Crippen LogP contribution is -2.39. The molecule has 0 saturated heterocycles. The number of allylic oxidation sites excluding steroid dienone is 1. The summed E-state index contributed by atoms with van der Waals surface area (Å²) in [7, 11) is 4.97. The Balaban J connectivity index is 1.81. The average molecular weight is 391 g/mol. The number of benzene rings is 2. The molecule has 0 fully saturated rings. The van der Waals surface area contributed by atoms with Crippen molar-refractivity contribution in [3.8, 4) is 17.2 Å². The molecule has 0 N–H and O–H groups in total. The molecular weight excluding hydrogens is 366 g/mol. The van der Waals surface area contributed by atoms with Gasteiger partial charge < -0.3 is 14.2 Å². The Bertz CT molecular complexity index is 1010. The number of rotatable bonds is 5. The Labute approximate surface area is 171 Å². The first kappa shape index (κ1) is 18.9. The Morgan fingerprint density at radius 1 is 0.897 bits per heavy atom. The van der Waals surface area contributed by atoms with E-state index in [4.69, 9.17) is 19.2 Å². The predicted octanol–water partition coefficient (Wildman–Crippen LogP) is 4.49. The van der Waals surface area contributed by atoms with E-state index in [0.717, 1.165) is 34.1 Å². The van der Waals surface area contributed by atoms with Crippen molar-refractivity contribution in [2.24, 2.45) is 4.99 Å². The van der Waals surface area contributed by atoms with E-state index in [2.05, 4.69) is 41.3 Å². The fraction of sp³-hybridized carbons (Fsp3) is 0.261. The number of hydrogen-bond donors (Lipinski definition) is 0. The van der Waals surface area contributed by atoms with Crippen LogP contribution in [0.1, 0.15) is 19.4 Å². The lowest BCUT2D eigenvalue weighted by atomic mass is 9.99. The standard InChI is InChI=1S/C23H25N3O3/c1-15-12-13-25-23(24-15)22(17-6-11-20(28-4)21(14-17)29-5)16(2)26(25)18-7-9-19(27-3)10-8-18/h6-14,16H,1-5H3. The van der Waals surface area contributed by atoms with Crippen LogP contribution in [0.25, 0.3) is 5.57 Å². The smallest absolute Gasteiger partial charge is 0.161 e. The van der Waals surface area contributed by atoms with Crippen LogP contribution in [-0.4, -0.2) is 38.1 Å². The van der Waals surface area contributed by atoms with Gasteiger partial charge in [-0.3, -0.25) is 5.01 Å². The number of ether oxygens (including phenoxy) is 3. The molecule has 1 unspecified atom stereocenters. The lowest BCUT2D eigenvalue weighted by Gasteiger charge is -2.34. The Hall–Kier alpha value is -3.41. The topological polar surface area (TPSA) is 46.5 Å². The first-order chi connectivity index (χ1) is 14.1. The minimum atomic E-state index is 0.0656. The van der Waals surface area contributed by atoms with Gasteiger partial charge in [-0.2, -0.15) is 0 Å². The molecule has 0 radical (unpaired) electrons. The van der Waals surface area contributed by atoms with E-state index in [1.807, 2.05) is 37.3 Å². The van der Waals surface area contributed by atoms with E-state index in [-0.39, 0.29) is 6.04 Å². The van der Waals surface area contributed by atoms with Crippen LogP contribution >= 0.6 is 0 Å². The molecule has 2 aromatic carbocycles. The van der Waals surface area contributed by atoms with Gasteiger partial charge >= 0.3 is 0 Å². The second-order valence-electron chi connectivity index (χ2n) is 6.94. The van der Waals surface area contributed by atoms with Crippen LogP contribution in [0, 0.1) is 0 Å². The zero-order valence-corrected chi connectivity index (χ0v) is 17.3.